The van der Waals surface area contributed by atoms with Crippen LogP contribution in [0.1, 0.15) is 0 Å². The van der Waals surface area contributed by atoms with E-state index in [0.717, 1.165) is 0 Å². The molecule has 0 heteroatoms. The summed E-state index contributed by atoms with van der Waals surface area (Å²) in [4.78, 5) is 0. The van der Waals surface area contributed by atoms with Gasteiger partial charge in [0.05, 0.1) is 0 Å². The van der Waals surface area contributed by atoms with Crippen molar-refractivity contribution in [1.82, 2.24) is 0 Å². The molecule has 9 aromatic carbocycles. The van der Waals surface area contributed by atoms with Gasteiger partial charge in [0.25, 0.3) is 0 Å². The van der Waals surface area contributed by atoms with Gasteiger partial charge in [0, 0.05) is 0 Å². The third kappa shape index (κ3) is 4.23. The molecular weight excluding hydrogens is 553 g/mol. The summed E-state index contributed by atoms with van der Waals surface area (Å²) in [6.45, 7) is 0. The van der Waals surface area contributed by atoms with Crippen LogP contribution in [0.3, 0.4) is 0 Å². The van der Waals surface area contributed by atoms with Crippen LogP contribution in [0.15, 0.2) is 182 Å². The second-order valence-corrected chi connectivity index (χ2v) is 12.0. The van der Waals surface area contributed by atoms with Crippen molar-refractivity contribution in [3.05, 3.63) is 182 Å². The minimum absolute atomic E-state index is 1.23. The van der Waals surface area contributed by atoms with E-state index in [0.29, 0.717) is 0 Å². The molecule has 0 amide bonds. The minimum Gasteiger partial charge on any atom is -0.0622 e. The van der Waals surface area contributed by atoms with E-state index < -0.39 is 0 Å². The molecule has 0 nitrogen and oxygen atoms in total. The van der Waals surface area contributed by atoms with Crippen molar-refractivity contribution in [2.75, 3.05) is 0 Å². The summed E-state index contributed by atoms with van der Waals surface area (Å²) in [5.74, 6) is 0. The first kappa shape index (κ1) is 26.4. The zero-order valence-corrected chi connectivity index (χ0v) is 25.3. The Morgan fingerprint density at radius 2 is 0.652 bits per heavy atom. The molecule has 0 saturated heterocycles. The molecule has 0 aliphatic heterocycles. The molecule has 0 aliphatic rings. The second kappa shape index (κ2) is 10.9. The van der Waals surface area contributed by atoms with Crippen LogP contribution in [0.25, 0.3) is 87.6 Å². The van der Waals surface area contributed by atoms with E-state index >= 15 is 0 Å². The average molecular weight is 583 g/mol. The van der Waals surface area contributed by atoms with Gasteiger partial charge in [0.2, 0.25) is 0 Å². The monoisotopic (exact) mass is 582 g/mol. The topological polar surface area (TPSA) is 0 Å². The molecule has 0 saturated carbocycles. The second-order valence-electron chi connectivity index (χ2n) is 12.0. The lowest BCUT2D eigenvalue weighted by atomic mass is 9.83. The Labute approximate surface area is 268 Å². The van der Waals surface area contributed by atoms with Crippen LogP contribution in [0, 0.1) is 0 Å². The maximum absolute atomic E-state index is 2.37. The molecule has 0 fully saturated rings. The summed E-state index contributed by atoms with van der Waals surface area (Å²) < 4.78 is 0. The van der Waals surface area contributed by atoms with Gasteiger partial charge in [-0.25, -0.2) is 0 Å². The summed E-state index contributed by atoms with van der Waals surface area (Å²) in [6.07, 6.45) is 0. The van der Waals surface area contributed by atoms with E-state index in [4.69, 9.17) is 0 Å². The molecule has 9 aromatic rings. The maximum atomic E-state index is 2.37. The Morgan fingerprint density at radius 3 is 1.35 bits per heavy atom. The Balaban J connectivity index is 1.33. The molecule has 0 atom stereocenters. The zero-order chi connectivity index (χ0) is 30.5. The van der Waals surface area contributed by atoms with Crippen molar-refractivity contribution < 1.29 is 0 Å². The van der Waals surface area contributed by atoms with Crippen LogP contribution < -0.4 is 0 Å². The molecule has 0 heterocycles. The van der Waals surface area contributed by atoms with Crippen molar-refractivity contribution in [2.24, 2.45) is 0 Å². The number of fused-ring (bicyclic) bond motifs is 4. The van der Waals surface area contributed by atoms with Gasteiger partial charge in [-0.15, -0.1) is 0 Å². The van der Waals surface area contributed by atoms with Crippen LogP contribution in [0.4, 0.5) is 0 Å². The van der Waals surface area contributed by atoms with Gasteiger partial charge in [0.15, 0.2) is 0 Å². The van der Waals surface area contributed by atoms with Crippen molar-refractivity contribution in [2.45, 2.75) is 0 Å². The Hall–Kier alpha value is -5.98. The van der Waals surface area contributed by atoms with Gasteiger partial charge >= 0.3 is 0 Å². The summed E-state index contributed by atoms with van der Waals surface area (Å²) in [6, 6.07) is 66.5. The lowest BCUT2D eigenvalue weighted by Crippen LogP contribution is -1.92. The van der Waals surface area contributed by atoms with Gasteiger partial charge in [0.1, 0.15) is 0 Å². The molecule has 0 bridgehead atoms. The van der Waals surface area contributed by atoms with E-state index in [-0.39, 0.29) is 0 Å². The van der Waals surface area contributed by atoms with Crippen molar-refractivity contribution in [3.63, 3.8) is 0 Å². The predicted octanol–water partition coefficient (Wildman–Crippen LogP) is 13.0. The zero-order valence-electron chi connectivity index (χ0n) is 25.3. The van der Waals surface area contributed by atoms with Crippen LogP contribution >= 0.6 is 0 Å². The minimum atomic E-state index is 1.23. The van der Waals surface area contributed by atoms with Crippen LogP contribution in [0.5, 0.6) is 0 Å². The van der Waals surface area contributed by atoms with Crippen LogP contribution in [0.2, 0.25) is 0 Å². The Morgan fingerprint density at radius 1 is 0.217 bits per heavy atom. The predicted molar refractivity (Wildman–Crippen MR) is 198 cm³/mol. The average Bonchev–Trinajstić information content (AvgIpc) is 3.13. The molecule has 0 N–H and O–H groups in total. The van der Waals surface area contributed by atoms with Gasteiger partial charge < -0.3 is 0 Å². The van der Waals surface area contributed by atoms with Gasteiger partial charge in [-0.1, -0.05) is 176 Å². The molecule has 0 radical (unpaired) electrons. The molecule has 9 rings (SSSR count). The fourth-order valence-electron chi connectivity index (χ4n) is 7.44. The SMILES string of the molecule is c1ccc(-c2ccc(-c3c4ccccc4c(-c4cccc(-c5cccc6ccccc56)c4)c4ccccc34)c3ccccc23)cc1. The van der Waals surface area contributed by atoms with Crippen molar-refractivity contribution in [1.29, 1.82) is 0 Å². The lowest BCUT2D eigenvalue weighted by molar-refractivity contribution is 1.63. The first-order chi connectivity index (χ1) is 22.8. The van der Waals surface area contributed by atoms with E-state index in [1.54, 1.807) is 0 Å². The van der Waals surface area contributed by atoms with E-state index in [9.17, 15) is 0 Å². The third-order valence-electron chi connectivity index (χ3n) is 9.46. The fourth-order valence-corrected chi connectivity index (χ4v) is 7.44. The van der Waals surface area contributed by atoms with Crippen LogP contribution in [-0.4, -0.2) is 0 Å². The molecule has 0 aromatic heterocycles. The highest BCUT2D eigenvalue weighted by Crippen LogP contribution is 2.46. The number of benzene rings is 9. The third-order valence-corrected chi connectivity index (χ3v) is 9.46. The first-order valence-corrected chi connectivity index (χ1v) is 15.9. The number of hydrogen-bond acceptors (Lipinski definition) is 0. The van der Waals surface area contributed by atoms with Crippen molar-refractivity contribution >= 4 is 43.1 Å². The molecule has 0 aliphatic carbocycles. The number of rotatable bonds is 4. The smallest absolute Gasteiger partial charge is 0.00201 e. The molecule has 0 unspecified atom stereocenters. The largest absolute Gasteiger partial charge is 0.0622 e. The highest BCUT2D eigenvalue weighted by Gasteiger charge is 2.19. The lowest BCUT2D eigenvalue weighted by Gasteiger charge is -2.20. The first-order valence-electron chi connectivity index (χ1n) is 15.9. The highest BCUT2D eigenvalue weighted by atomic mass is 14.2. The van der Waals surface area contributed by atoms with Crippen molar-refractivity contribution in [3.8, 4) is 44.5 Å². The quantitative estimate of drug-likeness (QED) is 0.181. The standard InChI is InChI=1S/C46H30/c1-2-14-31(15-3-1)37-28-29-44(39-22-7-6-21-38(37)39)46-42-25-10-8-23-40(42)45(41-24-9-11-26-43(41)46)34-19-12-18-33(30-34)36-27-13-17-32-16-4-5-20-35(32)36/h1-30H. The summed E-state index contributed by atoms with van der Waals surface area (Å²) >= 11 is 0. The fraction of sp³-hybridized carbons (Fsp3) is 0. The summed E-state index contributed by atoms with van der Waals surface area (Å²) in [5, 5.41) is 10.1. The normalized spacial score (nSPS) is 11.5. The Bertz CT molecular complexity index is 2510. The van der Waals surface area contributed by atoms with Gasteiger partial charge in [-0.2, -0.15) is 0 Å². The summed E-state index contributed by atoms with van der Waals surface area (Å²) in [7, 11) is 0. The van der Waals surface area contributed by atoms with E-state index in [1.165, 1.54) is 87.6 Å². The Kier molecular flexibility index (Phi) is 6.25. The van der Waals surface area contributed by atoms with E-state index in [2.05, 4.69) is 182 Å². The highest BCUT2D eigenvalue weighted by molar-refractivity contribution is 6.24. The van der Waals surface area contributed by atoms with Gasteiger partial charge in [-0.05, 0) is 93.7 Å². The number of hydrogen-bond donors (Lipinski definition) is 0. The van der Waals surface area contributed by atoms with Crippen LogP contribution in [-0.2, 0) is 0 Å². The molecule has 0 spiro atoms. The van der Waals surface area contributed by atoms with Gasteiger partial charge in [-0.3, -0.25) is 0 Å². The maximum Gasteiger partial charge on any atom is -0.00201 e. The van der Waals surface area contributed by atoms with E-state index in [1.807, 2.05) is 0 Å². The molecular formula is C46H30. The molecule has 46 heavy (non-hydrogen) atoms. The summed E-state index contributed by atoms with van der Waals surface area (Å²) in [5.41, 5.74) is 10.0. The molecule has 214 valence electrons.